The molecule has 13 heavy (non-hydrogen) atoms. The van der Waals surface area contributed by atoms with Gasteiger partial charge in [0.25, 0.3) is 0 Å². The van der Waals surface area contributed by atoms with Crippen molar-refractivity contribution in [3.05, 3.63) is 0 Å². The second kappa shape index (κ2) is 3.35. The van der Waals surface area contributed by atoms with Gasteiger partial charge in [-0.15, -0.1) is 0 Å². The summed E-state index contributed by atoms with van der Waals surface area (Å²) in [7, 11) is 0.627. The molecule has 0 heterocycles. The first-order valence-electron chi connectivity index (χ1n) is 2.96. The van der Waals surface area contributed by atoms with Crippen LogP contribution >= 0.6 is 0 Å². The van der Waals surface area contributed by atoms with Crippen LogP contribution in [0.25, 0.3) is 0 Å². The first kappa shape index (κ1) is 11.9. The molecule has 1 N–H and O–H groups in total. The molecule has 1 amide bonds. The van der Waals surface area contributed by atoms with Gasteiger partial charge in [0.15, 0.2) is 0 Å². The van der Waals surface area contributed by atoms with E-state index in [9.17, 15) is 26.7 Å². The van der Waals surface area contributed by atoms with Gasteiger partial charge in [-0.2, -0.15) is 22.0 Å². The number of hydrogen-bond donors (Lipinski definition) is 1. The van der Waals surface area contributed by atoms with Crippen molar-refractivity contribution in [2.45, 2.75) is 12.1 Å². The summed E-state index contributed by atoms with van der Waals surface area (Å²) in [5, 5.41) is 8.04. The first-order chi connectivity index (χ1) is 5.58. The first-order valence-corrected chi connectivity index (χ1v) is 2.96. The largest absolute Gasteiger partial charge is 0.465 e. The fourth-order valence-electron chi connectivity index (χ4n) is 0.455. The van der Waals surface area contributed by atoms with E-state index in [2.05, 4.69) is 0 Å². The van der Waals surface area contributed by atoms with E-state index in [1.165, 1.54) is 0 Å². The van der Waals surface area contributed by atoms with E-state index in [0.717, 1.165) is 0 Å². The third-order valence-corrected chi connectivity index (χ3v) is 1.18. The molecule has 0 aromatic rings. The quantitative estimate of drug-likeness (QED) is 0.701. The third kappa shape index (κ3) is 3.03. The topological polar surface area (TPSA) is 40.5 Å². The van der Waals surface area contributed by atoms with Crippen LogP contribution in [-0.2, 0) is 0 Å². The van der Waals surface area contributed by atoms with Gasteiger partial charge < -0.3 is 10.0 Å². The molecule has 0 bridgehead atoms. The van der Waals surface area contributed by atoms with Gasteiger partial charge in [-0.25, -0.2) is 4.79 Å². The van der Waals surface area contributed by atoms with Crippen LogP contribution in [0.15, 0.2) is 0 Å². The summed E-state index contributed by atoms with van der Waals surface area (Å²) in [6.45, 7) is -1.90. The van der Waals surface area contributed by atoms with Crippen molar-refractivity contribution in [1.82, 2.24) is 4.90 Å². The van der Waals surface area contributed by atoms with E-state index in [4.69, 9.17) is 5.11 Å². The van der Waals surface area contributed by atoms with Crippen molar-refractivity contribution in [3.8, 4) is 0 Å². The second-order valence-electron chi connectivity index (χ2n) is 2.34. The van der Waals surface area contributed by atoms with Gasteiger partial charge in [0.05, 0.1) is 6.54 Å². The Kier molecular flexibility index (Phi) is 3.07. The molecule has 8 heteroatoms. The number of carbonyl (C=O) groups is 1. The maximum atomic E-state index is 12.1. The number of alkyl halides is 5. The highest BCUT2D eigenvalue weighted by molar-refractivity contribution is 5.64. The fraction of sp³-hybridized carbons (Fsp3) is 0.800. The minimum absolute atomic E-state index is 0.131. The smallest absolute Gasteiger partial charge is 0.455 e. The van der Waals surface area contributed by atoms with Crippen molar-refractivity contribution in [1.29, 1.82) is 0 Å². The number of halogens is 5. The van der Waals surface area contributed by atoms with Gasteiger partial charge in [-0.05, 0) is 0 Å². The predicted molar refractivity (Wildman–Crippen MR) is 31.7 cm³/mol. The zero-order valence-corrected chi connectivity index (χ0v) is 6.40. The molecular weight excluding hydrogens is 201 g/mol. The lowest BCUT2D eigenvalue weighted by Crippen LogP contribution is -2.47. The molecule has 0 aliphatic heterocycles. The van der Waals surface area contributed by atoms with Crippen LogP contribution in [0, 0.1) is 0 Å². The molecule has 0 aliphatic carbocycles. The van der Waals surface area contributed by atoms with Crippen LogP contribution in [0.3, 0.4) is 0 Å². The summed E-state index contributed by atoms with van der Waals surface area (Å²) >= 11 is 0. The third-order valence-electron chi connectivity index (χ3n) is 1.18. The number of hydrogen-bond acceptors (Lipinski definition) is 1. The monoisotopic (exact) mass is 207 g/mol. The Hall–Kier alpha value is -1.08. The highest BCUT2D eigenvalue weighted by Crippen LogP contribution is 2.35. The molecule has 0 saturated carbocycles. The molecule has 78 valence electrons. The zero-order chi connectivity index (χ0) is 10.9. The van der Waals surface area contributed by atoms with Gasteiger partial charge in [0.1, 0.15) is 0 Å². The van der Waals surface area contributed by atoms with E-state index in [-0.39, 0.29) is 4.90 Å². The molecule has 0 spiro atoms. The Morgan fingerprint density at radius 3 is 1.92 bits per heavy atom. The average molecular weight is 207 g/mol. The summed E-state index contributed by atoms with van der Waals surface area (Å²) in [5.41, 5.74) is 0. The van der Waals surface area contributed by atoms with Crippen molar-refractivity contribution < 1.29 is 31.9 Å². The fourth-order valence-corrected chi connectivity index (χ4v) is 0.455. The highest BCUT2D eigenvalue weighted by atomic mass is 19.4. The van der Waals surface area contributed by atoms with Crippen molar-refractivity contribution in [2.75, 3.05) is 13.6 Å². The Labute approximate surface area is 69.7 Å². The minimum atomic E-state index is -5.73. The molecule has 0 rings (SSSR count). The van der Waals surface area contributed by atoms with Gasteiger partial charge in [-0.3, -0.25) is 0 Å². The SMILES string of the molecule is CN(CC(F)(F)C(F)(F)F)C(=O)O. The van der Waals surface area contributed by atoms with Gasteiger partial charge >= 0.3 is 18.2 Å². The molecule has 3 nitrogen and oxygen atoms in total. The number of amides is 1. The van der Waals surface area contributed by atoms with Crippen LogP contribution in [0.2, 0.25) is 0 Å². The Morgan fingerprint density at radius 2 is 1.69 bits per heavy atom. The Morgan fingerprint density at radius 1 is 1.31 bits per heavy atom. The van der Waals surface area contributed by atoms with Crippen molar-refractivity contribution >= 4 is 6.09 Å². The molecule has 0 unspecified atom stereocenters. The normalized spacial score (nSPS) is 12.8. The second-order valence-corrected chi connectivity index (χ2v) is 2.34. The lowest BCUT2D eigenvalue weighted by Gasteiger charge is -2.23. The number of nitrogens with zero attached hydrogens (tertiary/aromatic N) is 1. The predicted octanol–water partition coefficient (Wildman–Crippen LogP) is 1.79. The Balaban J connectivity index is 4.43. The highest BCUT2D eigenvalue weighted by Gasteiger charge is 2.58. The van der Waals surface area contributed by atoms with Crippen LogP contribution in [0.5, 0.6) is 0 Å². The van der Waals surface area contributed by atoms with Crippen LogP contribution in [-0.4, -0.2) is 41.8 Å². The average Bonchev–Trinajstić information content (AvgIpc) is 1.83. The number of carboxylic acid groups (broad SMARTS) is 1. The number of rotatable bonds is 2. The van der Waals surface area contributed by atoms with Crippen LogP contribution < -0.4 is 0 Å². The maximum Gasteiger partial charge on any atom is 0.455 e. The van der Waals surface area contributed by atoms with Crippen LogP contribution in [0.4, 0.5) is 26.7 Å². The summed E-state index contributed by atoms with van der Waals surface area (Å²) < 4.78 is 58.7. The van der Waals surface area contributed by atoms with Crippen molar-refractivity contribution in [2.24, 2.45) is 0 Å². The molecule has 0 saturated heterocycles. The molecule has 0 radical (unpaired) electrons. The summed E-state index contributed by atoms with van der Waals surface area (Å²) in [5.74, 6) is -5.01. The van der Waals surface area contributed by atoms with E-state index >= 15 is 0 Å². The summed E-state index contributed by atoms with van der Waals surface area (Å²) in [6, 6.07) is 0. The van der Waals surface area contributed by atoms with Crippen LogP contribution in [0.1, 0.15) is 0 Å². The molecule has 0 aromatic heterocycles. The molecular formula is C5H6F5NO2. The maximum absolute atomic E-state index is 12.1. The lowest BCUT2D eigenvalue weighted by atomic mass is 10.3. The van der Waals surface area contributed by atoms with Gasteiger partial charge in [0, 0.05) is 7.05 Å². The zero-order valence-electron chi connectivity index (χ0n) is 6.40. The van der Waals surface area contributed by atoms with Crippen molar-refractivity contribution in [3.63, 3.8) is 0 Å². The standard InChI is InChI=1S/C5H6F5NO2/c1-11(3(12)13)2-4(6,7)5(8,9)10/h2H2,1H3,(H,12,13). The lowest BCUT2D eigenvalue weighted by molar-refractivity contribution is -0.284. The minimum Gasteiger partial charge on any atom is -0.465 e. The van der Waals surface area contributed by atoms with E-state index in [1.807, 2.05) is 0 Å². The van der Waals surface area contributed by atoms with Gasteiger partial charge in [0.2, 0.25) is 0 Å². The summed E-state index contributed by atoms with van der Waals surface area (Å²) in [6.07, 6.45) is -7.57. The van der Waals surface area contributed by atoms with E-state index < -0.39 is 24.7 Å². The van der Waals surface area contributed by atoms with E-state index in [0.29, 0.717) is 7.05 Å². The molecule has 0 aromatic carbocycles. The molecule has 0 fully saturated rings. The Bertz CT molecular complexity index is 202. The van der Waals surface area contributed by atoms with Gasteiger partial charge in [-0.1, -0.05) is 0 Å². The molecule has 0 aliphatic rings. The molecule has 0 atom stereocenters. The summed E-state index contributed by atoms with van der Waals surface area (Å²) in [4.78, 5) is 9.80. The van der Waals surface area contributed by atoms with E-state index in [1.54, 1.807) is 0 Å².